The van der Waals surface area contributed by atoms with E-state index in [-0.39, 0.29) is 17.0 Å². The van der Waals surface area contributed by atoms with E-state index in [1.165, 1.54) is 11.3 Å². The number of benzene rings is 2. The predicted molar refractivity (Wildman–Crippen MR) is 110 cm³/mol. The number of aromatic nitrogens is 1. The van der Waals surface area contributed by atoms with Crippen molar-refractivity contribution < 1.29 is 4.42 Å². The summed E-state index contributed by atoms with van der Waals surface area (Å²) in [6.45, 7) is 0. The van der Waals surface area contributed by atoms with Crippen LogP contribution >= 0.6 is 39.9 Å². The van der Waals surface area contributed by atoms with Crippen LogP contribution in [0.15, 0.2) is 69.5 Å². The number of halogens is 2. The van der Waals surface area contributed by atoms with Gasteiger partial charge in [-0.3, -0.25) is 5.43 Å². The van der Waals surface area contributed by atoms with E-state index in [0.29, 0.717) is 10.2 Å². The van der Waals surface area contributed by atoms with E-state index < -0.39 is 0 Å². The van der Waals surface area contributed by atoms with E-state index in [1.54, 1.807) is 6.21 Å². The van der Waals surface area contributed by atoms with Crippen LogP contribution in [0.4, 0.5) is 5.13 Å². The highest BCUT2D eigenvalue weighted by molar-refractivity contribution is 8.93. The van der Waals surface area contributed by atoms with Gasteiger partial charge in [0.15, 0.2) is 5.76 Å². The molecule has 0 aliphatic rings. The molecule has 4 nitrogen and oxygen atoms in total. The van der Waals surface area contributed by atoms with Crippen molar-refractivity contribution in [2.45, 2.75) is 0 Å². The van der Waals surface area contributed by atoms with Gasteiger partial charge in [0.2, 0.25) is 5.13 Å². The summed E-state index contributed by atoms with van der Waals surface area (Å²) in [5, 5.41) is 8.61. The SMILES string of the molecule is Br.Clc1ccc(/C=N/Nc2nc(-c3cc4ccccc4o3)cs2)cc1. The zero-order valence-corrected chi connectivity index (χ0v) is 16.1. The number of para-hydroxylation sites is 1. The Bertz CT molecular complexity index is 978. The number of thiazole rings is 1. The highest BCUT2D eigenvalue weighted by Crippen LogP contribution is 2.30. The quantitative estimate of drug-likeness (QED) is 0.306. The van der Waals surface area contributed by atoms with E-state index in [0.717, 1.165) is 28.0 Å². The molecule has 25 heavy (non-hydrogen) atoms. The number of nitrogens with zero attached hydrogens (tertiary/aromatic N) is 2. The number of rotatable bonds is 4. The number of hydrogen-bond donors (Lipinski definition) is 1. The number of fused-ring (bicyclic) bond motifs is 1. The van der Waals surface area contributed by atoms with Gasteiger partial charge in [0.1, 0.15) is 11.3 Å². The minimum atomic E-state index is 0. The Morgan fingerprint density at radius 3 is 2.72 bits per heavy atom. The zero-order valence-electron chi connectivity index (χ0n) is 12.8. The van der Waals surface area contributed by atoms with Crippen molar-refractivity contribution in [2.75, 3.05) is 5.43 Å². The molecule has 2 heterocycles. The first-order valence-corrected chi connectivity index (χ1v) is 8.53. The van der Waals surface area contributed by atoms with Crippen LogP contribution in [0.1, 0.15) is 5.56 Å². The summed E-state index contributed by atoms with van der Waals surface area (Å²) in [6, 6.07) is 17.3. The van der Waals surface area contributed by atoms with Crippen LogP contribution in [-0.2, 0) is 0 Å². The lowest BCUT2D eigenvalue weighted by Crippen LogP contribution is -1.89. The minimum absolute atomic E-state index is 0. The molecule has 4 rings (SSSR count). The third kappa shape index (κ3) is 4.10. The number of hydrazone groups is 1. The third-order valence-electron chi connectivity index (χ3n) is 3.43. The van der Waals surface area contributed by atoms with Crippen molar-refractivity contribution in [1.82, 2.24) is 4.98 Å². The maximum absolute atomic E-state index is 5.85. The topological polar surface area (TPSA) is 50.4 Å². The van der Waals surface area contributed by atoms with Gasteiger partial charge < -0.3 is 4.42 Å². The van der Waals surface area contributed by atoms with Gasteiger partial charge in [-0.1, -0.05) is 41.9 Å². The molecule has 0 saturated carbocycles. The number of anilines is 1. The maximum atomic E-state index is 5.85. The van der Waals surface area contributed by atoms with Crippen molar-refractivity contribution in [3.63, 3.8) is 0 Å². The van der Waals surface area contributed by atoms with Gasteiger partial charge in [-0.2, -0.15) is 5.10 Å². The fourth-order valence-electron chi connectivity index (χ4n) is 2.26. The molecule has 0 unspecified atom stereocenters. The van der Waals surface area contributed by atoms with Crippen LogP contribution < -0.4 is 5.43 Å². The van der Waals surface area contributed by atoms with Gasteiger partial charge >= 0.3 is 0 Å². The molecule has 0 amide bonds. The largest absolute Gasteiger partial charge is 0.454 e. The van der Waals surface area contributed by atoms with Gasteiger partial charge in [0.25, 0.3) is 0 Å². The second-order valence-electron chi connectivity index (χ2n) is 5.11. The van der Waals surface area contributed by atoms with Gasteiger partial charge in [0.05, 0.1) is 6.21 Å². The number of furan rings is 1. The van der Waals surface area contributed by atoms with Crippen LogP contribution in [0.25, 0.3) is 22.4 Å². The Labute approximate surface area is 163 Å². The maximum Gasteiger partial charge on any atom is 0.203 e. The Balaban J connectivity index is 0.00000182. The van der Waals surface area contributed by atoms with E-state index in [4.69, 9.17) is 16.0 Å². The molecule has 0 aliphatic heterocycles. The van der Waals surface area contributed by atoms with Gasteiger partial charge in [-0.05, 0) is 29.8 Å². The molecule has 7 heteroatoms. The van der Waals surface area contributed by atoms with Gasteiger partial charge in [0, 0.05) is 15.8 Å². The lowest BCUT2D eigenvalue weighted by molar-refractivity contribution is 0.629. The first-order valence-electron chi connectivity index (χ1n) is 7.27. The monoisotopic (exact) mass is 433 g/mol. The fraction of sp³-hybridized carbons (Fsp3) is 0. The van der Waals surface area contributed by atoms with E-state index >= 15 is 0 Å². The Morgan fingerprint density at radius 2 is 1.92 bits per heavy atom. The Morgan fingerprint density at radius 1 is 1.12 bits per heavy atom. The van der Waals surface area contributed by atoms with Crippen molar-refractivity contribution in [2.24, 2.45) is 5.10 Å². The molecule has 0 fully saturated rings. The van der Waals surface area contributed by atoms with Crippen LogP contribution in [0.2, 0.25) is 5.02 Å². The van der Waals surface area contributed by atoms with Gasteiger partial charge in [-0.15, -0.1) is 28.3 Å². The summed E-state index contributed by atoms with van der Waals surface area (Å²) in [7, 11) is 0. The summed E-state index contributed by atoms with van der Waals surface area (Å²) >= 11 is 7.33. The molecule has 0 aliphatic carbocycles. The molecular formula is C18H13BrClN3OS. The molecule has 126 valence electrons. The van der Waals surface area contributed by atoms with Crippen molar-refractivity contribution in [3.8, 4) is 11.5 Å². The number of hydrogen-bond acceptors (Lipinski definition) is 5. The molecule has 0 saturated heterocycles. The van der Waals surface area contributed by atoms with E-state index in [2.05, 4.69) is 15.5 Å². The summed E-state index contributed by atoms with van der Waals surface area (Å²) in [6.07, 6.45) is 1.72. The average Bonchev–Trinajstić information content (AvgIpc) is 3.23. The Hall–Kier alpha value is -2.15. The fourth-order valence-corrected chi connectivity index (χ4v) is 3.03. The van der Waals surface area contributed by atoms with Crippen molar-refractivity contribution >= 4 is 62.2 Å². The highest BCUT2D eigenvalue weighted by atomic mass is 79.9. The smallest absolute Gasteiger partial charge is 0.203 e. The molecule has 1 N–H and O–H groups in total. The zero-order chi connectivity index (χ0) is 16.4. The normalized spacial score (nSPS) is 10.9. The van der Waals surface area contributed by atoms with Crippen LogP contribution in [0.5, 0.6) is 0 Å². The third-order valence-corrected chi connectivity index (χ3v) is 4.42. The average molecular weight is 435 g/mol. The Kier molecular flexibility index (Phi) is 5.53. The summed E-state index contributed by atoms with van der Waals surface area (Å²) in [4.78, 5) is 4.50. The highest BCUT2D eigenvalue weighted by Gasteiger charge is 2.09. The molecule has 4 aromatic rings. The predicted octanol–water partition coefficient (Wildman–Crippen LogP) is 6.23. The standard InChI is InChI=1S/C18H12ClN3OS.BrH/c19-14-7-5-12(6-8-14)10-20-22-18-21-15(11-24-18)17-9-13-3-1-2-4-16(13)23-17;/h1-11H,(H,21,22);1H/b20-10+;. The van der Waals surface area contributed by atoms with Crippen LogP contribution in [-0.4, -0.2) is 11.2 Å². The first-order chi connectivity index (χ1) is 11.8. The molecule has 0 spiro atoms. The molecule has 2 aromatic heterocycles. The van der Waals surface area contributed by atoms with Crippen LogP contribution in [0, 0.1) is 0 Å². The second-order valence-corrected chi connectivity index (χ2v) is 6.40. The van der Waals surface area contributed by atoms with Crippen LogP contribution in [0.3, 0.4) is 0 Å². The summed E-state index contributed by atoms with van der Waals surface area (Å²) in [5.74, 6) is 0.752. The molecule has 0 atom stereocenters. The summed E-state index contributed by atoms with van der Waals surface area (Å²) in [5.41, 5.74) is 5.54. The molecular weight excluding hydrogens is 422 g/mol. The number of nitrogens with one attached hydrogen (secondary N) is 1. The lowest BCUT2D eigenvalue weighted by atomic mass is 10.2. The molecule has 0 radical (unpaired) electrons. The summed E-state index contributed by atoms with van der Waals surface area (Å²) < 4.78 is 5.82. The first kappa shape index (κ1) is 17.7. The second kappa shape index (κ2) is 7.82. The van der Waals surface area contributed by atoms with Crippen molar-refractivity contribution in [1.29, 1.82) is 0 Å². The molecule has 0 bridgehead atoms. The van der Waals surface area contributed by atoms with Gasteiger partial charge in [-0.25, -0.2) is 4.98 Å². The molecule has 2 aromatic carbocycles. The van der Waals surface area contributed by atoms with Crippen molar-refractivity contribution in [3.05, 3.63) is 70.6 Å². The lowest BCUT2D eigenvalue weighted by Gasteiger charge is -1.94. The minimum Gasteiger partial charge on any atom is -0.454 e. The van der Waals surface area contributed by atoms with E-state index in [1.807, 2.05) is 60.0 Å². The van der Waals surface area contributed by atoms with E-state index in [9.17, 15) is 0 Å².